The molecule has 0 saturated carbocycles. The molecule has 2 aromatic heterocycles. The fraction of sp³-hybridized carbons (Fsp3) is 0.500. The first-order valence-corrected chi connectivity index (χ1v) is 15.4. The maximum Gasteiger partial charge on any atom is 0.412 e. The molecule has 1 saturated heterocycles. The molecular weight excluding hydrogens is 549 g/mol. The number of carbonyl (C=O) groups is 2. The Kier molecular flexibility index (Phi) is 8.54. The van der Waals surface area contributed by atoms with Crippen molar-refractivity contribution in [3.63, 3.8) is 0 Å². The minimum atomic E-state index is -2.22. The number of hydrogen-bond acceptors (Lipinski definition) is 6. The Bertz CT molecular complexity index is 1130. The fourth-order valence-electron chi connectivity index (χ4n) is 3.87. The molecule has 2 amide bonds. The first-order chi connectivity index (χ1) is 16.7. The first-order valence-electron chi connectivity index (χ1n) is 11.7. The minimum Gasteiger partial charge on any atom is -0.465 e. The number of carboxylic acid groups (broad SMARTS) is 1. The van der Waals surface area contributed by atoms with Gasteiger partial charge in [0.2, 0.25) is 0 Å². The summed E-state index contributed by atoms with van der Waals surface area (Å²) in [6.07, 6.45) is 1.32. The molecule has 0 radical (unpaired) electrons. The molecule has 3 atom stereocenters. The number of hydrogen-bond donors (Lipinski definition) is 3. The number of amides is 2. The Hall–Kier alpha value is -2.41. The van der Waals surface area contributed by atoms with E-state index >= 15 is 0 Å². The molecule has 196 valence electrons. The van der Waals surface area contributed by atoms with Crippen LogP contribution in [0, 0.1) is 11.7 Å². The average molecular weight is 583 g/mol. The number of nitrogens with zero attached hydrogens (tertiary/aromatic N) is 3. The number of halogens is 2. The van der Waals surface area contributed by atoms with Gasteiger partial charge >= 0.3 is 6.09 Å². The van der Waals surface area contributed by atoms with Crippen LogP contribution in [0.15, 0.2) is 35.2 Å². The van der Waals surface area contributed by atoms with E-state index in [9.17, 15) is 19.1 Å². The molecule has 3 rings (SSSR count). The van der Waals surface area contributed by atoms with Gasteiger partial charge < -0.3 is 20.2 Å². The molecule has 1 aliphatic rings. The largest absolute Gasteiger partial charge is 0.465 e. The number of carbonyl (C=O) groups excluding carboxylic acids is 1. The number of pyridine rings is 2. The second kappa shape index (κ2) is 10.9. The Balaban J connectivity index is 1.98. The molecule has 3 heterocycles. The molecule has 2 aromatic rings. The summed E-state index contributed by atoms with van der Waals surface area (Å²) in [4.78, 5) is 34.8. The molecule has 0 spiro atoms. The highest BCUT2D eigenvalue weighted by atomic mass is 79.9. The zero-order chi connectivity index (χ0) is 26.8. The molecule has 12 heteroatoms. The summed E-state index contributed by atoms with van der Waals surface area (Å²) >= 11 is 2.98. The van der Waals surface area contributed by atoms with Crippen molar-refractivity contribution in [2.75, 3.05) is 23.3 Å². The molecule has 0 bridgehead atoms. The van der Waals surface area contributed by atoms with Crippen LogP contribution in [0.2, 0.25) is 18.1 Å². The van der Waals surface area contributed by atoms with Crippen LogP contribution in [0.3, 0.4) is 0 Å². The quantitative estimate of drug-likeness (QED) is 0.320. The lowest BCUT2D eigenvalue weighted by Crippen LogP contribution is -2.62. The van der Waals surface area contributed by atoms with Crippen molar-refractivity contribution in [2.24, 2.45) is 5.92 Å². The molecule has 0 aliphatic carbocycles. The summed E-state index contributed by atoms with van der Waals surface area (Å²) in [6.45, 7) is 13.9. The van der Waals surface area contributed by atoms with Gasteiger partial charge in [-0.05, 0) is 58.2 Å². The summed E-state index contributed by atoms with van der Waals surface area (Å²) in [5.41, 5.74) is 0.417. The van der Waals surface area contributed by atoms with Crippen LogP contribution in [-0.4, -0.2) is 60.6 Å². The van der Waals surface area contributed by atoms with Crippen molar-refractivity contribution in [2.45, 2.75) is 58.0 Å². The van der Waals surface area contributed by atoms with Crippen LogP contribution < -0.4 is 15.5 Å². The van der Waals surface area contributed by atoms with Gasteiger partial charge in [0.25, 0.3) is 5.91 Å². The SMILES string of the molecule is C[C@H]1CNC[C@@H](N(C(=O)O)c2ccncc2NC(=O)c2ccc(F)c(Br)n2)[C@@H]1O[Si](C)(C)C(C)(C)C. The fourth-order valence-corrected chi connectivity index (χ4v) is 5.61. The predicted octanol–water partition coefficient (Wildman–Crippen LogP) is 5.11. The van der Waals surface area contributed by atoms with Crippen molar-refractivity contribution in [1.29, 1.82) is 0 Å². The third kappa shape index (κ3) is 6.10. The summed E-state index contributed by atoms with van der Waals surface area (Å²) in [7, 11) is -2.22. The maximum atomic E-state index is 13.6. The molecular formula is C24H33BrFN5O4Si. The zero-order valence-electron chi connectivity index (χ0n) is 21.3. The molecule has 0 aromatic carbocycles. The molecule has 0 unspecified atom stereocenters. The normalized spacial score (nSPS) is 20.6. The second-order valence-corrected chi connectivity index (χ2v) is 16.0. The molecule has 1 fully saturated rings. The van der Waals surface area contributed by atoms with E-state index in [0.29, 0.717) is 13.1 Å². The van der Waals surface area contributed by atoms with Crippen molar-refractivity contribution in [3.05, 3.63) is 46.7 Å². The van der Waals surface area contributed by atoms with E-state index < -0.39 is 32.2 Å². The van der Waals surface area contributed by atoms with Crippen molar-refractivity contribution < 1.29 is 23.5 Å². The van der Waals surface area contributed by atoms with Gasteiger partial charge in [-0.15, -0.1) is 0 Å². The Morgan fingerprint density at radius 1 is 1.28 bits per heavy atom. The summed E-state index contributed by atoms with van der Waals surface area (Å²) < 4.78 is 20.3. The topological polar surface area (TPSA) is 117 Å². The van der Waals surface area contributed by atoms with Crippen LogP contribution in [-0.2, 0) is 4.43 Å². The molecule has 1 aliphatic heterocycles. The maximum absolute atomic E-state index is 13.6. The van der Waals surface area contributed by atoms with Crippen molar-refractivity contribution in [3.8, 4) is 0 Å². The van der Waals surface area contributed by atoms with Gasteiger partial charge in [0.15, 0.2) is 14.1 Å². The van der Waals surface area contributed by atoms with E-state index in [1.54, 1.807) is 6.07 Å². The predicted molar refractivity (Wildman–Crippen MR) is 142 cm³/mol. The van der Waals surface area contributed by atoms with Crippen molar-refractivity contribution >= 4 is 47.6 Å². The van der Waals surface area contributed by atoms with Gasteiger partial charge in [0, 0.05) is 19.3 Å². The summed E-state index contributed by atoms with van der Waals surface area (Å²) in [5, 5.41) is 16.3. The van der Waals surface area contributed by atoms with E-state index in [0.717, 1.165) is 6.07 Å². The molecule has 36 heavy (non-hydrogen) atoms. The summed E-state index contributed by atoms with van der Waals surface area (Å²) in [6, 6.07) is 3.37. The monoisotopic (exact) mass is 581 g/mol. The van der Waals surface area contributed by atoms with Gasteiger partial charge in [-0.25, -0.2) is 14.2 Å². The lowest BCUT2D eigenvalue weighted by molar-refractivity contribution is 0.0740. The van der Waals surface area contributed by atoms with Crippen LogP contribution in [0.25, 0.3) is 0 Å². The molecule has 3 N–H and O–H groups in total. The highest BCUT2D eigenvalue weighted by molar-refractivity contribution is 9.10. The third-order valence-electron chi connectivity index (χ3n) is 6.88. The lowest BCUT2D eigenvalue weighted by atomic mass is 9.92. The van der Waals surface area contributed by atoms with Gasteiger partial charge in [0.1, 0.15) is 10.3 Å². The van der Waals surface area contributed by atoms with Crippen LogP contribution in [0.1, 0.15) is 38.2 Å². The van der Waals surface area contributed by atoms with Gasteiger partial charge in [-0.2, -0.15) is 0 Å². The van der Waals surface area contributed by atoms with Crippen LogP contribution >= 0.6 is 15.9 Å². The second-order valence-electron chi connectivity index (χ2n) is 10.5. The number of anilines is 2. The van der Waals surface area contributed by atoms with Gasteiger partial charge in [0.05, 0.1) is 29.7 Å². The van der Waals surface area contributed by atoms with E-state index in [-0.39, 0.29) is 38.7 Å². The molecule has 9 nitrogen and oxygen atoms in total. The number of nitrogens with one attached hydrogen (secondary N) is 2. The first kappa shape index (κ1) is 28.2. The number of piperidine rings is 1. The lowest BCUT2D eigenvalue weighted by Gasteiger charge is -2.47. The van der Waals surface area contributed by atoms with Crippen LogP contribution in [0.4, 0.5) is 20.6 Å². The zero-order valence-corrected chi connectivity index (χ0v) is 23.9. The Morgan fingerprint density at radius 3 is 2.58 bits per heavy atom. The van der Waals surface area contributed by atoms with E-state index in [1.165, 1.54) is 23.4 Å². The minimum absolute atomic E-state index is 0.0351. The van der Waals surface area contributed by atoms with Gasteiger partial charge in [-0.3, -0.25) is 14.7 Å². The van der Waals surface area contributed by atoms with E-state index in [2.05, 4.69) is 70.4 Å². The van der Waals surface area contributed by atoms with Gasteiger partial charge in [-0.1, -0.05) is 27.7 Å². The highest BCUT2D eigenvalue weighted by Gasteiger charge is 2.46. The highest BCUT2D eigenvalue weighted by Crippen LogP contribution is 2.40. The summed E-state index contributed by atoms with van der Waals surface area (Å²) in [5.74, 6) is -1.17. The average Bonchev–Trinajstić information content (AvgIpc) is 2.78. The van der Waals surface area contributed by atoms with E-state index in [4.69, 9.17) is 4.43 Å². The van der Waals surface area contributed by atoms with Crippen LogP contribution in [0.5, 0.6) is 0 Å². The van der Waals surface area contributed by atoms with Crippen molar-refractivity contribution in [1.82, 2.24) is 15.3 Å². The van der Waals surface area contributed by atoms with E-state index in [1.807, 2.05) is 6.92 Å². The third-order valence-corrected chi connectivity index (χ3v) is 11.9. The smallest absolute Gasteiger partial charge is 0.412 e. The standard InChI is InChI=1S/C24H33BrFN5O4Si/c1-14-11-28-13-19(20(14)35-36(5,6)24(2,3)4)31(23(33)34)18-9-10-27-12-17(18)30-22(32)16-8-7-15(26)21(25)29-16/h7-10,12,14,19-20,28H,11,13H2,1-6H3,(H,30,32)(H,33,34)/t14-,19+,20+/m0/s1. The number of aromatic nitrogens is 2. The Labute approximate surface area is 220 Å². The number of rotatable bonds is 6. The Morgan fingerprint density at radius 2 is 1.97 bits per heavy atom.